The van der Waals surface area contributed by atoms with Crippen molar-refractivity contribution < 1.29 is 4.74 Å². The number of nitrogens with two attached hydrogens (primary N) is 1. The number of benzene rings is 1. The molecular weight excluding hydrogens is 240 g/mol. The summed E-state index contributed by atoms with van der Waals surface area (Å²) in [4.78, 5) is 8.11. The first-order chi connectivity index (χ1) is 9.06. The molecule has 1 aromatic carbocycles. The number of ether oxygens (including phenoxy) is 1. The number of nitriles is 1. The Morgan fingerprint density at radius 1 is 1.26 bits per heavy atom. The molecule has 0 atom stereocenters. The summed E-state index contributed by atoms with van der Waals surface area (Å²) in [5.41, 5.74) is 9.18. The first kappa shape index (κ1) is 12.8. The molecular formula is C14H14N4O. The highest BCUT2D eigenvalue weighted by atomic mass is 16.5. The molecule has 0 aliphatic heterocycles. The number of anilines is 1. The summed E-state index contributed by atoms with van der Waals surface area (Å²) in [6.07, 6.45) is 0. The molecule has 5 heteroatoms. The van der Waals surface area contributed by atoms with Crippen LogP contribution in [-0.2, 0) is 0 Å². The fourth-order valence-electron chi connectivity index (χ4n) is 2.04. The molecule has 0 fully saturated rings. The van der Waals surface area contributed by atoms with Gasteiger partial charge in [0.25, 0.3) is 0 Å². The molecule has 1 heterocycles. The predicted octanol–water partition coefficient (Wildman–Crippen LogP) is 2.22. The SMILES string of the molecule is COc1ccc(-c2c(C)nc(N)nc2C#N)c(C)c1. The lowest BCUT2D eigenvalue weighted by Crippen LogP contribution is -2.03. The van der Waals surface area contributed by atoms with Gasteiger partial charge in [-0.3, -0.25) is 0 Å². The molecule has 0 radical (unpaired) electrons. The van der Waals surface area contributed by atoms with Crippen molar-refractivity contribution in [2.75, 3.05) is 12.8 Å². The molecule has 0 saturated heterocycles. The maximum atomic E-state index is 9.20. The van der Waals surface area contributed by atoms with E-state index in [4.69, 9.17) is 10.5 Å². The summed E-state index contributed by atoms with van der Waals surface area (Å²) < 4.78 is 5.18. The predicted molar refractivity (Wildman–Crippen MR) is 72.6 cm³/mol. The topological polar surface area (TPSA) is 84.8 Å². The van der Waals surface area contributed by atoms with E-state index in [9.17, 15) is 5.26 Å². The van der Waals surface area contributed by atoms with Crippen LogP contribution in [0.4, 0.5) is 5.95 Å². The average molecular weight is 254 g/mol. The van der Waals surface area contributed by atoms with Crippen LogP contribution in [0.3, 0.4) is 0 Å². The van der Waals surface area contributed by atoms with Crippen LogP contribution in [0.1, 0.15) is 17.0 Å². The number of hydrogen-bond donors (Lipinski definition) is 1. The Bertz CT molecular complexity index is 674. The lowest BCUT2D eigenvalue weighted by atomic mass is 9.98. The van der Waals surface area contributed by atoms with Gasteiger partial charge in [0, 0.05) is 5.56 Å². The molecule has 1 aromatic heterocycles. The maximum Gasteiger partial charge on any atom is 0.221 e. The molecule has 2 aromatic rings. The Morgan fingerprint density at radius 3 is 2.58 bits per heavy atom. The van der Waals surface area contributed by atoms with Crippen molar-refractivity contribution in [2.45, 2.75) is 13.8 Å². The van der Waals surface area contributed by atoms with Gasteiger partial charge < -0.3 is 10.5 Å². The second kappa shape index (κ2) is 4.94. The maximum absolute atomic E-state index is 9.20. The highest BCUT2D eigenvalue weighted by molar-refractivity contribution is 5.74. The number of nitrogen functional groups attached to an aromatic ring is 1. The summed E-state index contributed by atoms with van der Waals surface area (Å²) >= 11 is 0. The minimum absolute atomic E-state index is 0.115. The van der Waals surface area contributed by atoms with Gasteiger partial charge in [-0.05, 0) is 37.1 Å². The van der Waals surface area contributed by atoms with E-state index >= 15 is 0 Å². The van der Waals surface area contributed by atoms with Gasteiger partial charge in [-0.25, -0.2) is 9.97 Å². The summed E-state index contributed by atoms with van der Waals surface area (Å²) in [6, 6.07) is 7.72. The van der Waals surface area contributed by atoms with Gasteiger partial charge in [0.05, 0.1) is 12.8 Å². The van der Waals surface area contributed by atoms with Gasteiger partial charge in [-0.15, -0.1) is 0 Å². The van der Waals surface area contributed by atoms with E-state index in [0.717, 1.165) is 22.4 Å². The first-order valence-electron chi connectivity index (χ1n) is 5.76. The molecule has 0 aliphatic carbocycles. The molecule has 0 aliphatic rings. The van der Waals surface area contributed by atoms with Gasteiger partial charge in [0.1, 0.15) is 11.8 Å². The highest BCUT2D eigenvalue weighted by Crippen LogP contribution is 2.30. The van der Waals surface area contributed by atoms with E-state index < -0.39 is 0 Å². The number of aryl methyl sites for hydroxylation is 2. The zero-order valence-corrected chi connectivity index (χ0v) is 11.1. The average Bonchev–Trinajstić information content (AvgIpc) is 2.38. The van der Waals surface area contributed by atoms with E-state index in [1.165, 1.54) is 0 Å². The fourth-order valence-corrected chi connectivity index (χ4v) is 2.04. The quantitative estimate of drug-likeness (QED) is 0.888. The van der Waals surface area contributed by atoms with Crippen LogP contribution in [0.5, 0.6) is 5.75 Å². The number of aromatic nitrogens is 2. The van der Waals surface area contributed by atoms with Crippen molar-refractivity contribution in [1.29, 1.82) is 5.26 Å². The summed E-state index contributed by atoms with van der Waals surface area (Å²) in [5.74, 6) is 0.887. The minimum atomic E-state index is 0.115. The molecule has 19 heavy (non-hydrogen) atoms. The monoisotopic (exact) mass is 254 g/mol. The second-order valence-corrected chi connectivity index (χ2v) is 4.18. The van der Waals surface area contributed by atoms with Crippen LogP contribution >= 0.6 is 0 Å². The van der Waals surface area contributed by atoms with Crippen molar-refractivity contribution >= 4 is 5.95 Å². The van der Waals surface area contributed by atoms with E-state index in [1.54, 1.807) is 7.11 Å². The van der Waals surface area contributed by atoms with E-state index in [2.05, 4.69) is 16.0 Å². The van der Waals surface area contributed by atoms with E-state index in [1.807, 2.05) is 32.0 Å². The Kier molecular flexibility index (Phi) is 3.34. The van der Waals surface area contributed by atoms with Crippen molar-refractivity contribution in [3.05, 3.63) is 35.2 Å². The molecule has 96 valence electrons. The fraction of sp³-hybridized carbons (Fsp3) is 0.214. The molecule has 0 saturated carbocycles. The van der Waals surface area contributed by atoms with Crippen LogP contribution in [0.2, 0.25) is 0 Å². The van der Waals surface area contributed by atoms with E-state index in [-0.39, 0.29) is 5.95 Å². The van der Waals surface area contributed by atoms with Crippen molar-refractivity contribution in [1.82, 2.24) is 9.97 Å². The van der Waals surface area contributed by atoms with Crippen molar-refractivity contribution in [3.63, 3.8) is 0 Å². The van der Waals surface area contributed by atoms with E-state index in [0.29, 0.717) is 11.4 Å². The Labute approximate surface area is 111 Å². The highest BCUT2D eigenvalue weighted by Gasteiger charge is 2.14. The first-order valence-corrected chi connectivity index (χ1v) is 5.76. The number of hydrogen-bond acceptors (Lipinski definition) is 5. The molecule has 2 rings (SSSR count). The third-order valence-electron chi connectivity index (χ3n) is 2.92. The summed E-state index contributed by atoms with van der Waals surface area (Å²) in [5, 5.41) is 9.20. The largest absolute Gasteiger partial charge is 0.497 e. The smallest absolute Gasteiger partial charge is 0.221 e. The van der Waals surface area contributed by atoms with Gasteiger partial charge in [0.2, 0.25) is 5.95 Å². The summed E-state index contributed by atoms with van der Waals surface area (Å²) in [6.45, 7) is 3.77. The van der Waals surface area contributed by atoms with Gasteiger partial charge in [-0.1, -0.05) is 6.07 Å². The molecule has 0 bridgehead atoms. The Morgan fingerprint density at radius 2 is 2.00 bits per heavy atom. The van der Waals surface area contributed by atoms with Gasteiger partial charge in [0.15, 0.2) is 5.69 Å². The second-order valence-electron chi connectivity index (χ2n) is 4.18. The lowest BCUT2D eigenvalue weighted by Gasteiger charge is -2.11. The number of methoxy groups -OCH3 is 1. The van der Waals surface area contributed by atoms with Gasteiger partial charge >= 0.3 is 0 Å². The molecule has 2 N–H and O–H groups in total. The van der Waals surface area contributed by atoms with Crippen LogP contribution in [0.15, 0.2) is 18.2 Å². The minimum Gasteiger partial charge on any atom is -0.497 e. The Hall–Kier alpha value is -2.61. The standard InChI is InChI=1S/C14H14N4O/c1-8-6-10(19-3)4-5-11(8)13-9(2)17-14(16)18-12(13)7-15/h4-6H,1-3H3,(H2,16,17,18). The van der Waals surface area contributed by atoms with Crippen molar-refractivity contribution in [2.24, 2.45) is 0 Å². The van der Waals surface area contributed by atoms with Crippen LogP contribution in [-0.4, -0.2) is 17.1 Å². The number of nitrogens with zero attached hydrogens (tertiary/aromatic N) is 3. The third-order valence-corrected chi connectivity index (χ3v) is 2.92. The van der Waals surface area contributed by atoms with Crippen LogP contribution < -0.4 is 10.5 Å². The van der Waals surface area contributed by atoms with Crippen LogP contribution in [0, 0.1) is 25.2 Å². The molecule has 0 spiro atoms. The van der Waals surface area contributed by atoms with Crippen LogP contribution in [0.25, 0.3) is 11.1 Å². The zero-order chi connectivity index (χ0) is 14.0. The lowest BCUT2D eigenvalue weighted by molar-refractivity contribution is 0.414. The zero-order valence-electron chi connectivity index (χ0n) is 11.1. The Balaban J connectivity index is 2.69. The number of rotatable bonds is 2. The van der Waals surface area contributed by atoms with Crippen molar-refractivity contribution in [3.8, 4) is 22.9 Å². The normalized spacial score (nSPS) is 10.0. The van der Waals surface area contributed by atoms with Gasteiger partial charge in [-0.2, -0.15) is 5.26 Å². The molecule has 5 nitrogen and oxygen atoms in total. The molecule has 0 unspecified atom stereocenters. The third kappa shape index (κ3) is 2.33. The molecule has 0 amide bonds. The summed E-state index contributed by atoms with van der Waals surface area (Å²) in [7, 11) is 1.62.